The highest BCUT2D eigenvalue weighted by Gasteiger charge is 2.24. The average molecular weight is 349 g/mol. The Balaban J connectivity index is 1.72. The van der Waals surface area contributed by atoms with E-state index < -0.39 is 9.84 Å². The first kappa shape index (κ1) is 16.2. The van der Waals surface area contributed by atoms with Crippen molar-refractivity contribution in [1.82, 2.24) is 5.32 Å². The monoisotopic (exact) mass is 349 g/mol. The van der Waals surface area contributed by atoms with Gasteiger partial charge < -0.3 is 5.32 Å². The Hall–Kier alpha value is -1.66. The number of hydrogen-bond acceptors (Lipinski definition) is 4. The van der Waals surface area contributed by atoms with Gasteiger partial charge in [-0.3, -0.25) is 4.79 Å². The van der Waals surface area contributed by atoms with Gasteiger partial charge in [0.25, 0.3) is 5.91 Å². The molecule has 1 aliphatic carbocycles. The molecule has 1 aromatic heterocycles. The zero-order valence-corrected chi connectivity index (χ0v) is 14.8. The van der Waals surface area contributed by atoms with Gasteiger partial charge in [-0.15, -0.1) is 11.3 Å². The predicted octanol–water partition coefficient (Wildman–Crippen LogP) is 3.02. The van der Waals surface area contributed by atoms with Gasteiger partial charge in [0.15, 0.2) is 9.84 Å². The van der Waals surface area contributed by atoms with Gasteiger partial charge in [-0.1, -0.05) is 23.8 Å². The number of benzene rings is 1. The molecule has 0 saturated heterocycles. The summed E-state index contributed by atoms with van der Waals surface area (Å²) >= 11 is 1.24. The summed E-state index contributed by atoms with van der Waals surface area (Å²) in [6.07, 6.45) is 3.09. The predicted molar refractivity (Wildman–Crippen MR) is 92.6 cm³/mol. The zero-order valence-electron chi connectivity index (χ0n) is 13.1. The molecule has 1 N–H and O–H groups in total. The normalized spacial score (nSPS) is 17.0. The fraction of sp³-hybridized carbons (Fsp3) is 0.353. The van der Waals surface area contributed by atoms with Gasteiger partial charge in [-0.2, -0.15) is 0 Å². The molecule has 0 saturated carbocycles. The van der Waals surface area contributed by atoms with Crippen LogP contribution in [0.3, 0.4) is 0 Å². The van der Waals surface area contributed by atoms with E-state index in [9.17, 15) is 13.2 Å². The Bertz CT molecular complexity index is 852. The summed E-state index contributed by atoms with van der Waals surface area (Å²) in [7, 11) is -3.08. The first-order chi connectivity index (χ1) is 10.8. The number of thiophene rings is 1. The number of sulfone groups is 1. The number of amides is 1. The van der Waals surface area contributed by atoms with Crippen LogP contribution in [0.4, 0.5) is 0 Å². The number of carbonyl (C=O) groups excluding carboxylic acids is 1. The summed E-state index contributed by atoms with van der Waals surface area (Å²) in [5.41, 5.74) is 3.73. The fourth-order valence-electron chi connectivity index (χ4n) is 2.96. The lowest BCUT2D eigenvalue weighted by Gasteiger charge is -2.13. The highest BCUT2D eigenvalue weighted by molar-refractivity contribution is 7.90. The maximum absolute atomic E-state index is 12.4. The maximum Gasteiger partial charge on any atom is 0.261 e. The minimum atomic E-state index is -3.08. The summed E-state index contributed by atoms with van der Waals surface area (Å²) in [6, 6.07) is 9.79. The molecule has 1 aliphatic rings. The summed E-state index contributed by atoms with van der Waals surface area (Å²) in [6.45, 7) is 2.07. The minimum absolute atomic E-state index is 0.0174. The van der Waals surface area contributed by atoms with Crippen LogP contribution in [0.1, 0.15) is 43.7 Å². The molecule has 1 amide bonds. The fourth-order valence-corrected chi connectivity index (χ4v) is 5.16. The Morgan fingerprint density at radius 2 is 2.09 bits per heavy atom. The molecule has 0 spiro atoms. The molecule has 6 heteroatoms. The van der Waals surface area contributed by atoms with Crippen LogP contribution in [0.2, 0.25) is 0 Å². The lowest BCUT2D eigenvalue weighted by atomic mass is 10.1. The van der Waals surface area contributed by atoms with Crippen molar-refractivity contribution in [2.45, 2.75) is 31.6 Å². The first-order valence-corrected chi connectivity index (χ1v) is 10.4. The van der Waals surface area contributed by atoms with Crippen LogP contribution >= 0.6 is 11.3 Å². The van der Waals surface area contributed by atoms with E-state index in [4.69, 9.17) is 0 Å². The molecule has 4 nitrogen and oxygen atoms in total. The second kappa shape index (κ2) is 6.09. The number of hydrogen-bond donors (Lipinski definition) is 1. The highest BCUT2D eigenvalue weighted by atomic mass is 32.2. The van der Waals surface area contributed by atoms with Crippen molar-refractivity contribution < 1.29 is 13.2 Å². The van der Waals surface area contributed by atoms with Crippen LogP contribution in [0, 0.1) is 6.92 Å². The number of carbonyl (C=O) groups is 1. The van der Waals surface area contributed by atoms with Crippen molar-refractivity contribution in [3.8, 4) is 0 Å². The number of fused-ring (bicyclic) bond motifs is 1. The Morgan fingerprint density at radius 3 is 2.83 bits per heavy atom. The SMILES string of the molecule is Cc1ccc2c(c1)CC[C@H]2NC(=O)c1ccc(CS(C)(=O)=O)s1. The average Bonchev–Trinajstić information content (AvgIpc) is 3.04. The van der Waals surface area contributed by atoms with Crippen molar-refractivity contribution >= 4 is 27.1 Å². The summed E-state index contributed by atoms with van der Waals surface area (Å²) < 4.78 is 22.7. The molecule has 2 aromatic rings. The van der Waals surface area contributed by atoms with Gasteiger partial charge >= 0.3 is 0 Å². The van der Waals surface area contributed by atoms with E-state index in [0.29, 0.717) is 9.75 Å². The van der Waals surface area contributed by atoms with Gasteiger partial charge in [0.2, 0.25) is 0 Å². The largest absolute Gasteiger partial charge is 0.345 e. The molecular formula is C17H19NO3S2. The van der Waals surface area contributed by atoms with Crippen LogP contribution in [0.25, 0.3) is 0 Å². The van der Waals surface area contributed by atoms with E-state index in [1.54, 1.807) is 12.1 Å². The quantitative estimate of drug-likeness (QED) is 0.923. The Kier molecular flexibility index (Phi) is 4.29. The number of rotatable bonds is 4. The molecule has 3 rings (SSSR count). The topological polar surface area (TPSA) is 63.2 Å². The van der Waals surface area contributed by atoms with Crippen molar-refractivity contribution in [3.63, 3.8) is 0 Å². The maximum atomic E-state index is 12.4. The summed E-state index contributed by atoms with van der Waals surface area (Å²) in [4.78, 5) is 13.7. The van der Waals surface area contributed by atoms with E-state index in [2.05, 4.69) is 30.4 Å². The van der Waals surface area contributed by atoms with Gasteiger partial charge in [-0.05, 0) is 43.0 Å². The molecule has 1 aromatic carbocycles. The molecule has 0 radical (unpaired) electrons. The van der Waals surface area contributed by atoms with E-state index in [-0.39, 0.29) is 17.7 Å². The third-order valence-electron chi connectivity index (χ3n) is 3.97. The second-order valence-electron chi connectivity index (χ2n) is 6.10. The van der Waals surface area contributed by atoms with Crippen LogP contribution in [0.5, 0.6) is 0 Å². The van der Waals surface area contributed by atoms with Gasteiger partial charge in [0.05, 0.1) is 16.7 Å². The molecular weight excluding hydrogens is 330 g/mol. The van der Waals surface area contributed by atoms with Crippen LogP contribution in [0.15, 0.2) is 30.3 Å². The van der Waals surface area contributed by atoms with Gasteiger partial charge in [0, 0.05) is 11.1 Å². The molecule has 0 bridgehead atoms. The second-order valence-corrected chi connectivity index (χ2v) is 9.41. The lowest BCUT2D eigenvalue weighted by molar-refractivity contribution is 0.0941. The van der Waals surface area contributed by atoms with Crippen LogP contribution in [-0.2, 0) is 22.0 Å². The summed E-state index contributed by atoms with van der Waals surface area (Å²) in [5, 5.41) is 3.07. The van der Waals surface area contributed by atoms with Gasteiger partial charge in [0.1, 0.15) is 0 Å². The third kappa shape index (κ3) is 3.82. The van der Waals surface area contributed by atoms with Crippen LogP contribution in [-0.4, -0.2) is 20.6 Å². The molecule has 1 heterocycles. The van der Waals surface area contributed by atoms with E-state index in [1.165, 1.54) is 34.3 Å². The van der Waals surface area contributed by atoms with Crippen molar-refractivity contribution in [2.75, 3.05) is 6.26 Å². The van der Waals surface area contributed by atoms with Gasteiger partial charge in [-0.25, -0.2) is 8.42 Å². The van der Waals surface area contributed by atoms with Crippen LogP contribution < -0.4 is 5.32 Å². The Morgan fingerprint density at radius 1 is 1.30 bits per heavy atom. The molecule has 0 aliphatic heterocycles. The standard InChI is InChI=1S/C17H19NO3S2/c1-11-3-6-14-12(9-11)4-7-15(14)18-17(19)16-8-5-13(22-16)10-23(2,20)21/h3,5-6,8-9,15H,4,7,10H2,1-2H3,(H,18,19)/t15-/m1/s1. The van der Waals surface area contributed by atoms with E-state index in [1.807, 2.05) is 0 Å². The number of nitrogens with one attached hydrogen (secondary N) is 1. The Labute approximate surface area is 140 Å². The summed E-state index contributed by atoms with van der Waals surface area (Å²) in [5.74, 6) is -0.149. The molecule has 0 fully saturated rings. The zero-order chi connectivity index (χ0) is 16.6. The third-order valence-corrected chi connectivity index (χ3v) is 6.07. The van der Waals surface area contributed by atoms with Crippen molar-refractivity contribution in [3.05, 3.63) is 56.8 Å². The van der Waals surface area contributed by atoms with Crippen molar-refractivity contribution in [1.29, 1.82) is 0 Å². The van der Waals surface area contributed by atoms with E-state index >= 15 is 0 Å². The molecule has 1 atom stereocenters. The molecule has 122 valence electrons. The number of aryl methyl sites for hydroxylation is 2. The lowest BCUT2D eigenvalue weighted by Crippen LogP contribution is -2.26. The smallest absolute Gasteiger partial charge is 0.261 e. The van der Waals surface area contributed by atoms with Crippen molar-refractivity contribution in [2.24, 2.45) is 0 Å². The first-order valence-electron chi connectivity index (χ1n) is 7.48. The molecule has 0 unspecified atom stereocenters. The minimum Gasteiger partial charge on any atom is -0.345 e. The molecule has 23 heavy (non-hydrogen) atoms. The van der Waals surface area contributed by atoms with E-state index in [0.717, 1.165) is 12.8 Å². The highest BCUT2D eigenvalue weighted by Crippen LogP contribution is 2.32.